The number of hydrogen-bond donors (Lipinski definition) is 0. The maximum atomic E-state index is 12.5. The molecule has 1 aliphatic heterocycles. The van der Waals surface area contributed by atoms with Gasteiger partial charge >= 0.3 is 0 Å². The minimum absolute atomic E-state index is 0.0240. The van der Waals surface area contributed by atoms with Gasteiger partial charge in [0.2, 0.25) is 0 Å². The van der Waals surface area contributed by atoms with Gasteiger partial charge in [-0.15, -0.1) is 0 Å². The first-order valence-electron chi connectivity index (χ1n) is 7.08. The average Bonchev–Trinajstić information content (AvgIpc) is 2.35. The van der Waals surface area contributed by atoms with Crippen molar-refractivity contribution in [3.63, 3.8) is 0 Å². The van der Waals surface area contributed by atoms with Gasteiger partial charge in [-0.1, -0.05) is 44.2 Å². The van der Waals surface area contributed by atoms with Gasteiger partial charge in [0.1, 0.15) is 11.9 Å². The minimum atomic E-state index is -0.148. The molecule has 2 heteroatoms. The standard InChI is InChI=1S/C18H20O2/c1-5-15-13-8-11(2)6-7-12(13)17-14(19)9-18(3,4)10-16(17)20-15/h5-8,15H,1,9-10H2,2-4H3. The van der Waals surface area contributed by atoms with Crippen molar-refractivity contribution in [3.05, 3.63) is 53.3 Å². The van der Waals surface area contributed by atoms with Crippen molar-refractivity contribution in [2.24, 2.45) is 5.41 Å². The highest BCUT2D eigenvalue weighted by Crippen LogP contribution is 2.47. The molecule has 0 amide bonds. The van der Waals surface area contributed by atoms with Gasteiger partial charge in [-0.25, -0.2) is 0 Å². The monoisotopic (exact) mass is 268 g/mol. The highest BCUT2D eigenvalue weighted by molar-refractivity contribution is 6.23. The molecule has 20 heavy (non-hydrogen) atoms. The van der Waals surface area contributed by atoms with Crippen LogP contribution in [0.15, 0.2) is 36.6 Å². The predicted octanol–water partition coefficient (Wildman–Crippen LogP) is 4.35. The molecular weight excluding hydrogens is 248 g/mol. The van der Waals surface area contributed by atoms with E-state index >= 15 is 0 Å². The number of fused-ring (bicyclic) bond motifs is 2. The van der Waals surface area contributed by atoms with Gasteiger partial charge in [-0.2, -0.15) is 0 Å². The Labute approximate surface area is 120 Å². The summed E-state index contributed by atoms with van der Waals surface area (Å²) in [4.78, 5) is 12.5. The quantitative estimate of drug-likeness (QED) is 0.708. The Bertz CT molecular complexity index is 635. The average molecular weight is 268 g/mol. The fourth-order valence-corrected chi connectivity index (χ4v) is 3.20. The smallest absolute Gasteiger partial charge is 0.167 e. The lowest BCUT2D eigenvalue weighted by molar-refractivity contribution is -0.116. The molecule has 1 aromatic rings. The van der Waals surface area contributed by atoms with Gasteiger partial charge in [0.15, 0.2) is 5.78 Å². The van der Waals surface area contributed by atoms with Crippen LogP contribution in [0.4, 0.5) is 0 Å². The number of hydrogen-bond acceptors (Lipinski definition) is 2. The summed E-state index contributed by atoms with van der Waals surface area (Å²) in [6.07, 6.45) is 3.06. The lowest BCUT2D eigenvalue weighted by atomic mass is 9.73. The summed E-state index contributed by atoms with van der Waals surface area (Å²) in [6.45, 7) is 10.2. The molecule has 0 aromatic heterocycles. The van der Waals surface area contributed by atoms with Crippen molar-refractivity contribution < 1.29 is 9.53 Å². The molecule has 0 fully saturated rings. The van der Waals surface area contributed by atoms with E-state index < -0.39 is 0 Å². The molecule has 3 rings (SSSR count). The molecule has 2 nitrogen and oxygen atoms in total. The molecule has 0 saturated carbocycles. The zero-order valence-corrected chi connectivity index (χ0v) is 12.3. The van der Waals surface area contributed by atoms with Crippen molar-refractivity contribution in [3.8, 4) is 0 Å². The Balaban J connectivity index is 2.20. The van der Waals surface area contributed by atoms with Crippen molar-refractivity contribution in [1.29, 1.82) is 0 Å². The largest absolute Gasteiger partial charge is 0.485 e. The van der Waals surface area contributed by atoms with Crippen LogP contribution in [0.5, 0.6) is 0 Å². The molecular formula is C18H20O2. The maximum Gasteiger partial charge on any atom is 0.167 e. The van der Waals surface area contributed by atoms with Gasteiger partial charge in [0, 0.05) is 18.4 Å². The van der Waals surface area contributed by atoms with E-state index in [-0.39, 0.29) is 17.3 Å². The van der Waals surface area contributed by atoms with Crippen LogP contribution in [-0.2, 0) is 9.53 Å². The third-order valence-electron chi connectivity index (χ3n) is 4.10. The van der Waals surface area contributed by atoms with E-state index in [0.717, 1.165) is 28.9 Å². The Kier molecular flexibility index (Phi) is 2.86. The summed E-state index contributed by atoms with van der Waals surface area (Å²) in [5.74, 6) is 1.04. The summed E-state index contributed by atoms with van der Waals surface area (Å²) in [5, 5.41) is 0. The van der Waals surface area contributed by atoms with Gasteiger partial charge in [-0.05, 0) is 24.0 Å². The van der Waals surface area contributed by atoms with E-state index in [1.165, 1.54) is 5.56 Å². The van der Waals surface area contributed by atoms with Crippen molar-refractivity contribution in [2.45, 2.75) is 39.7 Å². The molecule has 104 valence electrons. The van der Waals surface area contributed by atoms with Crippen LogP contribution in [0.2, 0.25) is 0 Å². The fourth-order valence-electron chi connectivity index (χ4n) is 3.20. The third kappa shape index (κ3) is 2.00. The maximum absolute atomic E-state index is 12.5. The molecule has 0 radical (unpaired) electrons. The summed E-state index contributed by atoms with van der Waals surface area (Å²) in [6, 6.07) is 6.20. The molecule has 1 aliphatic carbocycles. The summed E-state index contributed by atoms with van der Waals surface area (Å²) in [5.41, 5.74) is 4.03. The number of rotatable bonds is 1. The molecule has 1 unspecified atom stereocenters. The lowest BCUT2D eigenvalue weighted by Gasteiger charge is -2.37. The summed E-state index contributed by atoms with van der Waals surface area (Å²) < 4.78 is 6.07. The summed E-state index contributed by atoms with van der Waals surface area (Å²) >= 11 is 0. The molecule has 0 spiro atoms. The first-order valence-corrected chi connectivity index (χ1v) is 7.08. The van der Waals surface area contributed by atoms with Crippen LogP contribution in [0, 0.1) is 12.3 Å². The van der Waals surface area contributed by atoms with Crippen molar-refractivity contribution in [2.75, 3.05) is 0 Å². The zero-order valence-electron chi connectivity index (χ0n) is 12.3. The number of ether oxygens (including phenoxy) is 1. The molecule has 2 aliphatic rings. The Morgan fingerprint density at radius 3 is 2.80 bits per heavy atom. The van der Waals surface area contributed by atoms with Crippen molar-refractivity contribution in [1.82, 2.24) is 0 Å². The third-order valence-corrected chi connectivity index (χ3v) is 4.10. The first-order chi connectivity index (χ1) is 9.41. The molecule has 1 aromatic carbocycles. The number of benzene rings is 1. The van der Waals surface area contributed by atoms with Crippen LogP contribution in [0.25, 0.3) is 5.57 Å². The van der Waals surface area contributed by atoms with E-state index in [9.17, 15) is 4.79 Å². The van der Waals surface area contributed by atoms with E-state index in [1.807, 2.05) is 6.08 Å². The second-order valence-corrected chi connectivity index (χ2v) is 6.60. The second-order valence-electron chi connectivity index (χ2n) is 6.60. The normalized spacial score (nSPS) is 23.8. The van der Waals surface area contributed by atoms with Crippen molar-refractivity contribution >= 4 is 11.4 Å². The zero-order chi connectivity index (χ0) is 14.5. The van der Waals surface area contributed by atoms with Crippen LogP contribution in [0.3, 0.4) is 0 Å². The Hall–Kier alpha value is -1.83. The van der Waals surface area contributed by atoms with Crippen LogP contribution < -0.4 is 0 Å². The van der Waals surface area contributed by atoms with Gasteiger partial charge in [0.05, 0.1) is 5.57 Å². The predicted molar refractivity (Wildman–Crippen MR) is 80.1 cm³/mol. The lowest BCUT2D eigenvalue weighted by Crippen LogP contribution is -2.29. The van der Waals surface area contributed by atoms with E-state index in [4.69, 9.17) is 4.74 Å². The van der Waals surface area contributed by atoms with E-state index in [0.29, 0.717) is 6.42 Å². The Morgan fingerprint density at radius 2 is 2.10 bits per heavy atom. The van der Waals surface area contributed by atoms with Crippen LogP contribution in [-0.4, -0.2) is 5.78 Å². The van der Waals surface area contributed by atoms with Crippen LogP contribution in [0.1, 0.15) is 49.5 Å². The molecule has 1 atom stereocenters. The molecule has 0 saturated heterocycles. The fraction of sp³-hybridized carbons (Fsp3) is 0.389. The van der Waals surface area contributed by atoms with Crippen LogP contribution >= 0.6 is 0 Å². The number of allylic oxidation sites excluding steroid dienone is 2. The highest BCUT2D eigenvalue weighted by atomic mass is 16.5. The number of ketones is 1. The van der Waals surface area contributed by atoms with E-state index in [2.05, 4.69) is 45.5 Å². The molecule has 1 heterocycles. The van der Waals surface area contributed by atoms with Gasteiger partial charge in [-0.3, -0.25) is 4.79 Å². The SMILES string of the molecule is C=CC1OC2=C(C(=O)CC(C)(C)C2)c2ccc(C)cc21. The first kappa shape index (κ1) is 13.2. The topological polar surface area (TPSA) is 26.3 Å². The Morgan fingerprint density at radius 1 is 1.35 bits per heavy atom. The molecule has 0 bridgehead atoms. The van der Waals surface area contributed by atoms with Gasteiger partial charge < -0.3 is 4.74 Å². The highest BCUT2D eigenvalue weighted by Gasteiger charge is 2.39. The van der Waals surface area contributed by atoms with E-state index in [1.54, 1.807) is 0 Å². The number of carbonyl (C=O) groups is 1. The number of carbonyl (C=O) groups excluding carboxylic acids is 1. The number of aryl methyl sites for hydroxylation is 1. The minimum Gasteiger partial charge on any atom is -0.485 e. The number of Topliss-reactive ketones (excluding diaryl/α,β-unsaturated/α-hetero) is 1. The van der Waals surface area contributed by atoms with Gasteiger partial charge in [0.25, 0.3) is 0 Å². The molecule has 0 N–H and O–H groups in total. The second kappa shape index (κ2) is 4.34. The summed E-state index contributed by atoms with van der Waals surface area (Å²) in [7, 11) is 0.